The van der Waals surface area contributed by atoms with Crippen LogP contribution in [0.5, 0.6) is 5.75 Å². The van der Waals surface area contributed by atoms with E-state index in [9.17, 15) is 0 Å². The van der Waals surface area contributed by atoms with E-state index in [4.69, 9.17) is 4.74 Å². The van der Waals surface area contributed by atoms with Crippen molar-refractivity contribution in [1.29, 1.82) is 0 Å². The van der Waals surface area contributed by atoms with Crippen molar-refractivity contribution in [3.05, 3.63) is 40.3 Å². The Hall–Kier alpha value is -1.46. The number of nitrogens with zero attached hydrogens (tertiary/aromatic N) is 2. The molecule has 0 saturated carbocycles. The third kappa shape index (κ3) is 4.96. The minimum absolute atomic E-state index is 0.478. The SMILES string of the molecule is CC(C)CNCc1nnc(COc2ccccc2)s1. The van der Waals surface area contributed by atoms with Crippen LogP contribution in [0.1, 0.15) is 23.9 Å². The normalized spacial score (nSPS) is 10.9. The quantitative estimate of drug-likeness (QED) is 0.845. The number of hydrogen-bond acceptors (Lipinski definition) is 5. The second-order valence-corrected chi connectivity index (χ2v) is 5.86. The molecule has 0 spiro atoms. The molecule has 0 aliphatic carbocycles. The predicted molar refractivity (Wildman–Crippen MR) is 77.2 cm³/mol. The zero-order valence-corrected chi connectivity index (χ0v) is 12.1. The lowest BCUT2D eigenvalue weighted by molar-refractivity contribution is 0.304. The van der Waals surface area contributed by atoms with Crippen LogP contribution in [0.15, 0.2) is 30.3 Å². The van der Waals surface area contributed by atoms with Gasteiger partial charge in [-0.05, 0) is 24.6 Å². The van der Waals surface area contributed by atoms with Crippen molar-refractivity contribution in [2.24, 2.45) is 5.92 Å². The summed E-state index contributed by atoms with van der Waals surface area (Å²) < 4.78 is 5.64. The lowest BCUT2D eigenvalue weighted by atomic mass is 10.2. The molecule has 0 saturated heterocycles. The molecule has 1 heterocycles. The molecule has 1 N–H and O–H groups in total. The van der Waals surface area contributed by atoms with Crippen molar-refractivity contribution in [2.75, 3.05) is 6.54 Å². The average Bonchev–Trinajstić information content (AvgIpc) is 2.85. The first kappa shape index (κ1) is 14.0. The second-order valence-electron chi connectivity index (χ2n) is 4.72. The Morgan fingerprint density at radius 2 is 1.89 bits per heavy atom. The topological polar surface area (TPSA) is 47.0 Å². The first-order valence-corrected chi connectivity index (χ1v) is 7.25. The van der Waals surface area contributed by atoms with Crippen LogP contribution in [0.4, 0.5) is 0 Å². The van der Waals surface area contributed by atoms with E-state index in [0.29, 0.717) is 12.5 Å². The highest BCUT2D eigenvalue weighted by atomic mass is 32.1. The summed E-state index contributed by atoms with van der Waals surface area (Å²) in [6.45, 7) is 6.63. The van der Waals surface area contributed by atoms with E-state index >= 15 is 0 Å². The fraction of sp³-hybridized carbons (Fsp3) is 0.429. The molecule has 0 fully saturated rings. The zero-order valence-electron chi connectivity index (χ0n) is 11.3. The molecule has 1 aromatic heterocycles. The highest BCUT2D eigenvalue weighted by Crippen LogP contribution is 2.14. The standard InChI is InChI=1S/C14H19N3OS/c1-11(2)8-15-9-13-16-17-14(19-13)10-18-12-6-4-3-5-7-12/h3-7,11,15H,8-10H2,1-2H3. The summed E-state index contributed by atoms with van der Waals surface area (Å²) in [5, 5.41) is 13.6. The molecular weight excluding hydrogens is 258 g/mol. The molecule has 0 atom stereocenters. The van der Waals surface area contributed by atoms with Crippen LogP contribution in [0, 0.1) is 5.92 Å². The summed E-state index contributed by atoms with van der Waals surface area (Å²) in [6.07, 6.45) is 0. The van der Waals surface area contributed by atoms with Gasteiger partial charge >= 0.3 is 0 Å². The fourth-order valence-electron chi connectivity index (χ4n) is 1.55. The van der Waals surface area contributed by atoms with Crippen molar-refractivity contribution >= 4 is 11.3 Å². The predicted octanol–water partition coefficient (Wildman–Crippen LogP) is 2.86. The van der Waals surface area contributed by atoms with Gasteiger partial charge in [-0.2, -0.15) is 0 Å². The smallest absolute Gasteiger partial charge is 0.155 e. The molecule has 0 aliphatic heterocycles. The molecule has 2 aromatic rings. The van der Waals surface area contributed by atoms with Crippen LogP contribution in [0.25, 0.3) is 0 Å². The minimum Gasteiger partial charge on any atom is -0.486 e. The van der Waals surface area contributed by atoms with Gasteiger partial charge in [-0.25, -0.2) is 0 Å². The first-order chi connectivity index (χ1) is 9.24. The summed E-state index contributed by atoms with van der Waals surface area (Å²) in [5.74, 6) is 1.51. The molecule has 2 rings (SSSR count). The Morgan fingerprint density at radius 1 is 1.16 bits per heavy atom. The first-order valence-electron chi connectivity index (χ1n) is 6.44. The Kier molecular flexibility index (Phi) is 5.30. The Bertz CT molecular complexity index is 484. The molecule has 1 aromatic carbocycles. The molecule has 0 amide bonds. The van der Waals surface area contributed by atoms with E-state index in [1.54, 1.807) is 11.3 Å². The summed E-state index contributed by atoms with van der Waals surface area (Å²) in [4.78, 5) is 0. The van der Waals surface area contributed by atoms with Crippen LogP contribution in [-0.2, 0) is 13.2 Å². The molecule has 4 nitrogen and oxygen atoms in total. The molecule has 19 heavy (non-hydrogen) atoms. The maximum Gasteiger partial charge on any atom is 0.155 e. The highest BCUT2D eigenvalue weighted by molar-refractivity contribution is 7.11. The van der Waals surface area contributed by atoms with Gasteiger partial charge in [-0.1, -0.05) is 43.4 Å². The number of rotatable bonds is 7. The van der Waals surface area contributed by atoms with Crippen molar-refractivity contribution in [1.82, 2.24) is 15.5 Å². The number of benzene rings is 1. The highest BCUT2D eigenvalue weighted by Gasteiger charge is 2.05. The van der Waals surface area contributed by atoms with Crippen molar-refractivity contribution < 1.29 is 4.74 Å². The van der Waals surface area contributed by atoms with Gasteiger partial charge in [0, 0.05) is 6.54 Å². The fourth-order valence-corrected chi connectivity index (χ4v) is 2.28. The van der Waals surface area contributed by atoms with Crippen molar-refractivity contribution in [2.45, 2.75) is 27.0 Å². The molecule has 5 heteroatoms. The summed E-state index contributed by atoms with van der Waals surface area (Å²) in [6, 6.07) is 9.75. The Balaban J connectivity index is 1.77. The van der Waals surface area contributed by atoms with Gasteiger partial charge in [0.25, 0.3) is 0 Å². The molecular formula is C14H19N3OS. The average molecular weight is 277 g/mol. The van der Waals surface area contributed by atoms with Gasteiger partial charge in [0.1, 0.15) is 17.4 Å². The van der Waals surface area contributed by atoms with Crippen LogP contribution in [0.2, 0.25) is 0 Å². The summed E-state index contributed by atoms with van der Waals surface area (Å²) in [7, 11) is 0. The maximum atomic E-state index is 5.64. The molecule has 0 bridgehead atoms. The van der Waals surface area contributed by atoms with E-state index in [0.717, 1.165) is 28.9 Å². The third-order valence-electron chi connectivity index (χ3n) is 2.44. The van der Waals surface area contributed by atoms with Gasteiger partial charge < -0.3 is 10.1 Å². The van der Waals surface area contributed by atoms with Crippen LogP contribution in [0.3, 0.4) is 0 Å². The molecule has 0 radical (unpaired) electrons. The lowest BCUT2D eigenvalue weighted by Crippen LogP contribution is -2.18. The minimum atomic E-state index is 0.478. The van der Waals surface area contributed by atoms with Gasteiger partial charge in [0.2, 0.25) is 0 Å². The van der Waals surface area contributed by atoms with Crippen LogP contribution in [-0.4, -0.2) is 16.7 Å². The summed E-state index contributed by atoms with van der Waals surface area (Å²) >= 11 is 1.59. The molecule has 102 valence electrons. The Morgan fingerprint density at radius 3 is 2.63 bits per heavy atom. The van der Waals surface area contributed by atoms with Crippen LogP contribution < -0.4 is 10.1 Å². The van der Waals surface area contributed by atoms with Gasteiger partial charge in [-0.3, -0.25) is 0 Å². The number of para-hydroxylation sites is 1. The van der Waals surface area contributed by atoms with E-state index < -0.39 is 0 Å². The number of aromatic nitrogens is 2. The van der Waals surface area contributed by atoms with Gasteiger partial charge in [0.15, 0.2) is 5.01 Å². The number of hydrogen-bond donors (Lipinski definition) is 1. The second kappa shape index (κ2) is 7.21. The number of ether oxygens (including phenoxy) is 1. The van der Waals surface area contributed by atoms with Gasteiger partial charge in [-0.15, -0.1) is 10.2 Å². The van der Waals surface area contributed by atoms with Crippen molar-refractivity contribution in [3.8, 4) is 5.75 Å². The zero-order chi connectivity index (χ0) is 13.5. The summed E-state index contributed by atoms with van der Waals surface area (Å²) in [5.41, 5.74) is 0. The third-order valence-corrected chi connectivity index (χ3v) is 3.34. The maximum absolute atomic E-state index is 5.64. The molecule has 0 aliphatic rings. The van der Waals surface area contributed by atoms with Gasteiger partial charge in [0.05, 0.1) is 0 Å². The molecule has 0 unspecified atom stereocenters. The monoisotopic (exact) mass is 277 g/mol. The Labute approximate surface area is 117 Å². The largest absolute Gasteiger partial charge is 0.486 e. The van der Waals surface area contributed by atoms with E-state index in [1.807, 2.05) is 30.3 Å². The van der Waals surface area contributed by atoms with Crippen molar-refractivity contribution in [3.63, 3.8) is 0 Å². The van der Waals surface area contributed by atoms with E-state index in [-0.39, 0.29) is 0 Å². The lowest BCUT2D eigenvalue weighted by Gasteiger charge is -2.04. The van der Waals surface area contributed by atoms with Crippen LogP contribution >= 0.6 is 11.3 Å². The van der Waals surface area contributed by atoms with E-state index in [2.05, 4.69) is 29.4 Å². The number of nitrogens with one attached hydrogen (secondary N) is 1. The van der Waals surface area contributed by atoms with E-state index in [1.165, 1.54) is 0 Å².